The van der Waals surface area contributed by atoms with Crippen molar-refractivity contribution in [2.75, 3.05) is 19.0 Å². The van der Waals surface area contributed by atoms with Crippen LogP contribution >= 0.6 is 0 Å². The quantitative estimate of drug-likeness (QED) is 0.271. The summed E-state index contributed by atoms with van der Waals surface area (Å²) in [5.74, 6) is 0.822. The Morgan fingerprint density at radius 2 is 1.71 bits per heavy atom. The van der Waals surface area contributed by atoms with Gasteiger partial charge in [-0.1, -0.05) is 30.3 Å². The maximum absolute atomic E-state index is 12.6. The predicted molar refractivity (Wildman–Crippen MR) is 137 cm³/mol. The van der Waals surface area contributed by atoms with Gasteiger partial charge in [0.25, 0.3) is 0 Å². The number of aryl methyl sites for hydroxylation is 1. The number of nitrogens with one attached hydrogen (secondary N) is 2. The van der Waals surface area contributed by atoms with E-state index in [9.17, 15) is 13.2 Å². The van der Waals surface area contributed by atoms with Gasteiger partial charge in [0.15, 0.2) is 0 Å². The highest BCUT2D eigenvalue weighted by Crippen LogP contribution is 2.33. The first-order chi connectivity index (χ1) is 18.3. The highest BCUT2D eigenvalue weighted by atomic mass is 19.4. The molecule has 2 N–H and O–H groups in total. The minimum absolute atomic E-state index is 0.228. The summed E-state index contributed by atoms with van der Waals surface area (Å²) in [4.78, 5) is 8.90. The molecule has 198 valence electrons. The van der Waals surface area contributed by atoms with Gasteiger partial charge >= 0.3 is 6.18 Å². The van der Waals surface area contributed by atoms with Crippen LogP contribution in [0.25, 0.3) is 11.1 Å². The molecule has 4 aromatic rings. The summed E-state index contributed by atoms with van der Waals surface area (Å²) in [6.45, 7) is 1.18. The van der Waals surface area contributed by atoms with Gasteiger partial charge < -0.3 is 20.1 Å². The second kappa shape index (κ2) is 12.4. The molecule has 38 heavy (non-hydrogen) atoms. The molecule has 0 bridgehead atoms. The third-order valence-electron chi connectivity index (χ3n) is 5.37. The lowest BCUT2D eigenvalue weighted by atomic mass is 10.1. The van der Waals surface area contributed by atoms with E-state index in [-0.39, 0.29) is 12.6 Å². The number of aromatic nitrogens is 4. The molecule has 0 amide bonds. The number of methoxy groups -OCH3 is 1. The third kappa shape index (κ3) is 7.95. The number of ether oxygens (including phenoxy) is 2. The minimum Gasteiger partial charge on any atom is -0.496 e. The standard InChI is InChI=1S/C27H27F3N6O2/c1-18-10-20(14-32-36-18)24-9-8-21(12-25(24)37-2)33-26-34-22(15-31-13-19-6-4-3-5-7-19)11-23(35-26)16-38-17-27(28,29)30/h3-12,14,31H,13,15-17H2,1-2H3,(H,33,34,35). The predicted octanol–water partition coefficient (Wildman–Crippen LogP) is 5.36. The van der Waals surface area contributed by atoms with Crippen molar-refractivity contribution in [3.05, 3.63) is 89.5 Å². The molecule has 11 heteroatoms. The zero-order chi connectivity index (χ0) is 27.0. The van der Waals surface area contributed by atoms with Crippen molar-refractivity contribution in [2.24, 2.45) is 0 Å². The van der Waals surface area contributed by atoms with E-state index in [0.717, 1.165) is 22.4 Å². The lowest BCUT2D eigenvalue weighted by Gasteiger charge is -2.14. The largest absolute Gasteiger partial charge is 0.496 e. The van der Waals surface area contributed by atoms with Crippen LogP contribution in [0.2, 0.25) is 0 Å². The molecule has 2 heterocycles. The smallest absolute Gasteiger partial charge is 0.411 e. The normalized spacial score (nSPS) is 11.4. The van der Waals surface area contributed by atoms with Crippen LogP contribution in [0.15, 0.2) is 66.9 Å². The Kier molecular flexibility index (Phi) is 8.82. The number of nitrogens with zero attached hydrogens (tertiary/aromatic N) is 4. The molecule has 0 spiro atoms. The second-order valence-corrected chi connectivity index (χ2v) is 8.50. The van der Waals surface area contributed by atoms with E-state index in [1.807, 2.05) is 55.5 Å². The van der Waals surface area contributed by atoms with E-state index < -0.39 is 12.8 Å². The zero-order valence-corrected chi connectivity index (χ0v) is 20.9. The molecule has 0 unspecified atom stereocenters. The summed E-state index contributed by atoms with van der Waals surface area (Å²) in [6.07, 6.45) is -2.77. The summed E-state index contributed by atoms with van der Waals surface area (Å²) in [5.41, 5.74) is 5.13. The Bertz CT molecular complexity index is 1350. The first-order valence-corrected chi connectivity index (χ1v) is 11.8. The zero-order valence-electron chi connectivity index (χ0n) is 20.9. The minimum atomic E-state index is -4.42. The van der Waals surface area contributed by atoms with Crippen LogP contribution in [0.3, 0.4) is 0 Å². The van der Waals surface area contributed by atoms with E-state index in [1.54, 1.807) is 25.4 Å². The van der Waals surface area contributed by atoms with Crippen LogP contribution in [0, 0.1) is 6.92 Å². The molecule has 8 nitrogen and oxygen atoms in total. The van der Waals surface area contributed by atoms with E-state index in [0.29, 0.717) is 35.9 Å². The number of halogens is 3. The molecule has 2 aromatic heterocycles. The van der Waals surface area contributed by atoms with Crippen molar-refractivity contribution >= 4 is 11.6 Å². The summed E-state index contributed by atoms with van der Waals surface area (Å²) >= 11 is 0. The number of hydrogen-bond donors (Lipinski definition) is 2. The van der Waals surface area contributed by atoms with Crippen LogP contribution in [0.4, 0.5) is 24.8 Å². The Morgan fingerprint density at radius 1 is 0.921 bits per heavy atom. The average Bonchev–Trinajstić information content (AvgIpc) is 2.88. The summed E-state index contributed by atoms with van der Waals surface area (Å²) in [5, 5.41) is 14.4. The highest BCUT2D eigenvalue weighted by molar-refractivity contribution is 5.74. The molecule has 0 saturated carbocycles. The number of benzene rings is 2. The average molecular weight is 525 g/mol. The van der Waals surface area contributed by atoms with E-state index >= 15 is 0 Å². The Morgan fingerprint density at radius 3 is 2.45 bits per heavy atom. The van der Waals surface area contributed by atoms with Gasteiger partial charge in [0, 0.05) is 36.0 Å². The number of alkyl halides is 3. The maximum atomic E-state index is 12.6. The van der Waals surface area contributed by atoms with Gasteiger partial charge in [-0.15, -0.1) is 0 Å². The molecule has 0 atom stereocenters. The van der Waals surface area contributed by atoms with Gasteiger partial charge in [-0.2, -0.15) is 23.4 Å². The lowest BCUT2D eigenvalue weighted by Crippen LogP contribution is -2.18. The number of hydrogen-bond acceptors (Lipinski definition) is 8. The SMILES string of the molecule is COc1cc(Nc2nc(CNCc3ccccc3)cc(COCC(F)(F)F)n2)ccc1-c1cnnc(C)c1. The highest BCUT2D eigenvalue weighted by Gasteiger charge is 2.27. The lowest BCUT2D eigenvalue weighted by molar-refractivity contribution is -0.176. The first-order valence-electron chi connectivity index (χ1n) is 11.8. The fraction of sp³-hybridized carbons (Fsp3) is 0.259. The van der Waals surface area contributed by atoms with Gasteiger partial charge in [-0.3, -0.25) is 0 Å². The van der Waals surface area contributed by atoms with Crippen LogP contribution in [-0.2, 0) is 24.4 Å². The van der Waals surface area contributed by atoms with Crippen molar-refractivity contribution in [2.45, 2.75) is 32.8 Å². The topological polar surface area (TPSA) is 94.1 Å². The molecule has 2 aromatic carbocycles. The molecule has 4 rings (SSSR count). The third-order valence-corrected chi connectivity index (χ3v) is 5.37. The van der Waals surface area contributed by atoms with Crippen molar-refractivity contribution < 1.29 is 22.6 Å². The summed E-state index contributed by atoms with van der Waals surface area (Å²) < 4.78 is 48.2. The van der Waals surface area contributed by atoms with E-state index in [2.05, 4.69) is 30.8 Å². The maximum Gasteiger partial charge on any atom is 0.411 e. The van der Waals surface area contributed by atoms with Crippen LogP contribution in [-0.4, -0.2) is 40.1 Å². The van der Waals surface area contributed by atoms with Crippen molar-refractivity contribution in [3.63, 3.8) is 0 Å². The Balaban J connectivity index is 1.53. The second-order valence-electron chi connectivity index (χ2n) is 8.50. The fourth-order valence-electron chi connectivity index (χ4n) is 3.73. The van der Waals surface area contributed by atoms with Gasteiger partial charge in [0.1, 0.15) is 12.4 Å². The van der Waals surface area contributed by atoms with Gasteiger partial charge in [0.05, 0.1) is 37.0 Å². The molecular formula is C27H27F3N6O2. The molecule has 0 saturated heterocycles. The molecule has 0 aliphatic carbocycles. The van der Waals surface area contributed by atoms with Gasteiger partial charge in [-0.25, -0.2) is 9.97 Å². The molecule has 0 aliphatic heterocycles. The van der Waals surface area contributed by atoms with Crippen molar-refractivity contribution in [1.29, 1.82) is 0 Å². The van der Waals surface area contributed by atoms with Gasteiger partial charge in [-0.05, 0) is 36.8 Å². The van der Waals surface area contributed by atoms with E-state index in [1.165, 1.54) is 0 Å². The fourth-order valence-corrected chi connectivity index (χ4v) is 3.73. The van der Waals surface area contributed by atoms with Gasteiger partial charge in [0.2, 0.25) is 5.95 Å². The Hall–Kier alpha value is -4.09. The van der Waals surface area contributed by atoms with Crippen molar-refractivity contribution in [3.8, 4) is 16.9 Å². The summed E-state index contributed by atoms with van der Waals surface area (Å²) in [7, 11) is 1.57. The van der Waals surface area contributed by atoms with Crippen LogP contribution < -0.4 is 15.4 Å². The molecule has 0 radical (unpaired) electrons. The van der Waals surface area contributed by atoms with E-state index in [4.69, 9.17) is 9.47 Å². The summed E-state index contributed by atoms with van der Waals surface area (Å²) in [6, 6.07) is 18.9. The van der Waals surface area contributed by atoms with Crippen LogP contribution in [0.1, 0.15) is 22.6 Å². The monoisotopic (exact) mass is 524 g/mol. The van der Waals surface area contributed by atoms with Crippen molar-refractivity contribution in [1.82, 2.24) is 25.5 Å². The number of anilines is 2. The number of rotatable bonds is 11. The Labute approximate surface area is 218 Å². The van der Waals surface area contributed by atoms with Crippen LogP contribution in [0.5, 0.6) is 5.75 Å². The molecule has 0 fully saturated rings. The first kappa shape index (κ1) is 27.0. The molecular weight excluding hydrogens is 497 g/mol. The molecule has 0 aliphatic rings.